The van der Waals surface area contributed by atoms with Crippen molar-refractivity contribution in [3.8, 4) is 0 Å². The van der Waals surface area contributed by atoms with Gasteiger partial charge in [0, 0.05) is 26.2 Å². The third-order valence-electron chi connectivity index (χ3n) is 6.97. The molecular formula is C24H29FN2O4. The molecule has 0 aromatic heterocycles. The van der Waals surface area contributed by atoms with Crippen LogP contribution in [0.15, 0.2) is 41.7 Å². The first-order valence-electron chi connectivity index (χ1n) is 11.4. The number of amides is 1. The van der Waals surface area contributed by atoms with Crippen LogP contribution < -0.4 is 0 Å². The van der Waals surface area contributed by atoms with E-state index in [1.807, 2.05) is 30.3 Å². The van der Waals surface area contributed by atoms with Gasteiger partial charge in [0.25, 0.3) is 5.91 Å². The largest absolute Gasteiger partial charge is 0.483 e. The molecule has 7 heteroatoms. The minimum atomic E-state index is -0.979. The van der Waals surface area contributed by atoms with E-state index >= 15 is 0 Å². The van der Waals surface area contributed by atoms with Gasteiger partial charge in [-0.25, -0.2) is 4.39 Å². The van der Waals surface area contributed by atoms with E-state index in [1.54, 1.807) is 4.90 Å². The molecule has 166 valence electrons. The van der Waals surface area contributed by atoms with Crippen LogP contribution in [0.3, 0.4) is 0 Å². The number of carbonyl (C=O) groups excluding carboxylic acids is 2. The van der Waals surface area contributed by atoms with Gasteiger partial charge in [0.05, 0.1) is 30.7 Å². The van der Waals surface area contributed by atoms with Crippen LogP contribution in [0.1, 0.15) is 37.3 Å². The molecule has 4 aliphatic rings. The molecule has 4 unspecified atom stereocenters. The molecule has 0 spiro atoms. The molecule has 3 aliphatic heterocycles. The minimum absolute atomic E-state index is 0.105. The monoisotopic (exact) mass is 428 g/mol. The van der Waals surface area contributed by atoms with Crippen LogP contribution in [0.25, 0.3) is 0 Å². The van der Waals surface area contributed by atoms with Crippen molar-refractivity contribution < 1.29 is 23.5 Å². The van der Waals surface area contributed by atoms with Crippen LogP contribution in [-0.2, 0) is 19.1 Å². The number of hydrogen-bond donors (Lipinski definition) is 0. The quantitative estimate of drug-likeness (QED) is 0.722. The van der Waals surface area contributed by atoms with E-state index in [0.29, 0.717) is 25.0 Å². The molecule has 31 heavy (non-hydrogen) atoms. The molecule has 0 N–H and O–H groups in total. The maximum absolute atomic E-state index is 14.1. The predicted molar refractivity (Wildman–Crippen MR) is 112 cm³/mol. The van der Waals surface area contributed by atoms with Gasteiger partial charge in [-0.15, -0.1) is 0 Å². The number of halogens is 1. The maximum atomic E-state index is 14.1. The third kappa shape index (κ3) is 3.89. The Balaban J connectivity index is 1.40. The zero-order valence-electron chi connectivity index (χ0n) is 17.7. The molecule has 1 saturated heterocycles. The van der Waals surface area contributed by atoms with Crippen LogP contribution in [0.2, 0.25) is 0 Å². The van der Waals surface area contributed by atoms with Crippen molar-refractivity contribution in [3.05, 3.63) is 47.2 Å². The van der Waals surface area contributed by atoms with Gasteiger partial charge in [-0.1, -0.05) is 30.3 Å². The summed E-state index contributed by atoms with van der Waals surface area (Å²) >= 11 is 0. The predicted octanol–water partition coefficient (Wildman–Crippen LogP) is 2.65. The van der Waals surface area contributed by atoms with E-state index < -0.39 is 18.1 Å². The SMILES string of the molecule is O=C1C2=C(OC3CCC(F)CC13)C(=O)N(CCCN1CCOCC1)C2c1ccccc1. The Bertz CT molecular complexity index is 868. The van der Waals surface area contributed by atoms with Crippen molar-refractivity contribution in [2.45, 2.75) is 44.0 Å². The number of alkyl halides is 1. The summed E-state index contributed by atoms with van der Waals surface area (Å²) in [4.78, 5) is 31.0. The molecule has 2 fully saturated rings. The second kappa shape index (κ2) is 8.71. The Morgan fingerprint density at radius 2 is 1.81 bits per heavy atom. The summed E-state index contributed by atoms with van der Waals surface area (Å²) in [5.41, 5.74) is 1.33. The van der Waals surface area contributed by atoms with Gasteiger partial charge in [0.1, 0.15) is 12.3 Å². The highest BCUT2D eigenvalue weighted by molar-refractivity contribution is 6.11. The van der Waals surface area contributed by atoms with Crippen LogP contribution in [-0.4, -0.2) is 73.2 Å². The fraction of sp³-hybridized carbons (Fsp3) is 0.583. The third-order valence-corrected chi connectivity index (χ3v) is 6.97. The Morgan fingerprint density at radius 1 is 1.03 bits per heavy atom. The number of morpholine rings is 1. The zero-order chi connectivity index (χ0) is 21.4. The highest BCUT2D eigenvalue weighted by atomic mass is 19.1. The summed E-state index contributed by atoms with van der Waals surface area (Å²) in [7, 11) is 0. The van der Waals surface area contributed by atoms with Crippen molar-refractivity contribution in [2.75, 3.05) is 39.4 Å². The van der Waals surface area contributed by atoms with Gasteiger partial charge in [-0.2, -0.15) is 0 Å². The van der Waals surface area contributed by atoms with Crippen molar-refractivity contribution in [3.63, 3.8) is 0 Å². The first kappa shape index (κ1) is 20.6. The van der Waals surface area contributed by atoms with E-state index in [-0.39, 0.29) is 30.0 Å². The second-order valence-electron chi connectivity index (χ2n) is 8.90. The lowest BCUT2D eigenvalue weighted by atomic mass is 9.77. The summed E-state index contributed by atoms with van der Waals surface area (Å²) in [5.74, 6) is -0.606. The normalized spacial score (nSPS) is 31.5. The Kier molecular flexibility index (Phi) is 5.80. The number of rotatable bonds is 5. The highest BCUT2D eigenvalue weighted by Crippen LogP contribution is 2.47. The van der Waals surface area contributed by atoms with Gasteiger partial charge in [-0.3, -0.25) is 14.5 Å². The second-order valence-corrected chi connectivity index (χ2v) is 8.90. The number of ether oxygens (including phenoxy) is 2. The average molecular weight is 429 g/mol. The van der Waals surface area contributed by atoms with Crippen LogP contribution >= 0.6 is 0 Å². The molecule has 1 aromatic rings. The summed E-state index contributed by atoms with van der Waals surface area (Å²) < 4.78 is 25.6. The minimum Gasteiger partial charge on any atom is -0.483 e. The number of Topliss-reactive ketones (excluding diaryl/α,β-unsaturated/α-hetero) is 1. The van der Waals surface area contributed by atoms with Crippen molar-refractivity contribution in [1.82, 2.24) is 9.80 Å². The Hall–Kier alpha value is -2.25. The van der Waals surface area contributed by atoms with Gasteiger partial charge < -0.3 is 14.4 Å². The molecule has 1 aliphatic carbocycles. The van der Waals surface area contributed by atoms with E-state index in [4.69, 9.17) is 9.47 Å². The molecule has 3 heterocycles. The van der Waals surface area contributed by atoms with Crippen molar-refractivity contribution >= 4 is 11.7 Å². The van der Waals surface area contributed by atoms with Gasteiger partial charge in [-0.05, 0) is 31.2 Å². The first-order chi connectivity index (χ1) is 15.1. The molecule has 0 bridgehead atoms. The number of benzene rings is 1. The van der Waals surface area contributed by atoms with Crippen LogP contribution in [0, 0.1) is 5.92 Å². The van der Waals surface area contributed by atoms with E-state index in [0.717, 1.165) is 44.8 Å². The van der Waals surface area contributed by atoms with E-state index in [1.165, 1.54) is 0 Å². The molecule has 4 atom stereocenters. The maximum Gasteiger partial charge on any atom is 0.290 e. The number of ketones is 1. The summed E-state index contributed by atoms with van der Waals surface area (Å²) in [6.45, 7) is 4.71. The van der Waals surface area contributed by atoms with Gasteiger partial charge in [0.15, 0.2) is 11.5 Å². The average Bonchev–Trinajstić information content (AvgIpc) is 3.08. The summed E-state index contributed by atoms with van der Waals surface area (Å²) in [6, 6.07) is 9.19. The molecule has 6 nitrogen and oxygen atoms in total. The van der Waals surface area contributed by atoms with Crippen LogP contribution in [0.4, 0.5) is 4.39 Å². The van der Waals surface area contributed by atoms with Crippen molar-refractivity contribution in [2.24, 2.45) is 5.92 Å². The van der Waals surface area contributed by atoms with Crippen molar-refractivity contribution in [1.29, 1.82) is 0 Å². The highest BCUT2D eigenvalue weighted by Gasteiger charge is 2.52. The molecule has 1 amide bonds. The van der Waals surface area contributed by atoms with Gasteiger partial charge >= 0.3 is 0 Å². The molecule has 1 aromatic carbocycles. The fourth-order valence-corrected chi connectivity index (χ4v) is 5.36. The van der Waals surface area contributed by atoms with Crippen LogP contribution in [0.5, 0.6) is 0 Å². The smallest absolute Gasteiger partial charge is 0.290 e. The zero-order valence-corrected chi connectivity index (χ0v) is 17.7. The summed E-state index contributed by atoms with van der Waals surface area (Å²) in [5, 5.41) is 0. The lowest BCUT2D eigenvalue weighted by Crippen LogP contribution is -2.42. The Labute approximate surface area is 182 Å². The number of carbonyl (C=O) groups is 2. The molecule has 5 rings (SSSR count). The van der Waals surface area contributed by atoms with E-state index in [9.17, 15) is 14.0 Å². The van der Waals surface area contributed by atoms with Gasteiger partial charge in [0.2, 0.25) is 0 Å². The first-order valence-corrected chi connectivity index (χ1v) is 11.4. The molecular weight excluding hydrogens is 399 g/mol. The molecule has 0 radical (unpaired) electrons. The topological polar surface area (TPSA) is 59.1 Å². The number of nitrogens with zero attached hydrogens (tertiary/aromatic N) is 2. The Morgan fingerprint density at radius 3 is 2.58 bits per heavy atom. The van der Waals surface area contributed by atoms with E-state index in [2.05, 4.69) is 4.90 Å². The number of fused-ring (bicyclic) bond motifs is 1. The summed E-state index contributed by atoms with van der Waals surface area (Å²) in [6.07, 6.45) is 0.501. The standard InChI is InChI=1S/C24H29FN2O4/c25-17-7-8-19-18(15-17)22(28)20-21(16-5-2-1-3-6-16)27(24(29)23(20)31-19)10-4-9-26-11-13-30-14-12-26/h1-3,5-6,17-19,21H,4,7-15H2. The number of hydrogen-bond acceptors (Lipinski definition) is 5. The fourth-order valence-electron chi connectivity index (χ4n) is 5.36. The molecule has 1 saturated carbocycles. The lowest BCUT2D eigenvalue weighted by Gasteiger charge is -2.36. The lowest BCUT2D eigenvalue weighted by molar-refractivity contribution is -0.136.